The van der Waals surface area contributed by atoms with E-state index in [0.717, 1.165) is 11.1 Å². The highest BCUT2D eigenvalue weighted by Gasteiger charge is 2.09. The van der Waals surface area contributed by atoms with Crippen molar-refractivity contribution in [1.82, 2.24) is 5.43 Å². The molecule has 0 radical (unpaired) electrons. The van der Waals surface area contributed by atoms with Crippen molar-refractivity contribution in [3.63, 3.8) is 0 Å². The number of hydrazone groups is 1. The summed E-state index contributed by atoms with van der Waals surface area (Å²) in [5, 5.41) is 4.69. The van der Waals surface area contributed by atoms with Crippen LogP contribution in [0.3, 0.4) is 0 Å². The Labute approximate surface area is 157 Å². The van der Waals surface area contributed by atoms with E-state index in [4.69, 9.17) is 11.6 Å². The molecule has 1 N–H and O–H groups in total. The molecule has 128 valence electrons. The number of nitrogens with one attached hydrogen (secondary N) is 1. The van der Waals surface area contributed by atoms with Crippen molar-refractivity contribution in [2.75, 3.05) is 0 Å². The van der Waals surface area contributed by atoms with Gasteiger partial charge in [-0.1, -0.05) is 90.5 Å². The first kappa shape index (κ1) is 17.6. The lowest BCUT2D eigenvalue weighted by Crippen LogP contribution is -2.20. The highest BCUT2D eigenvalue weighted by atomic mass is 35.5. The van der Waals surface area contributed by atoms with Crippen molar-refractivity contribution >= 4 is 29.3 Å². The molecule has 1 amide bonds. The molecule has 0 aromatic heterocycles. The Morgan fingerprint density at radius 2 is 1.46 bits per heavy atom. The Morgan fingerprint density at radius 1 is 0.846 bits per heavy atom. The quantitative estimate of drug-likeness (QED) is 0.494. The van der Waals surface area contributed by atoms with Crippen molar-refractivity contribution in [3.8, 4) is 0 Å². The van der Waals surface area contributed by atoms with Crippen LogP contribution in [-0.4, -0.2) is 11.6 Å². The number of hydrogen-bond donors (Lipinski definition) is 1. The molecule has 0 spiro atoms. The second-order valence-corrected chi connectivity index (χ2v) is 5.94. The summed E-state index contributed by atoms with van der Waals surface area (Å²) in [6, 6.07) is 26.5. The number of rotatable bonds is 5. The van der Waals surface area contributed by atoms with E-state index in [1.807, 2.05) is 72.8 Å². The number of hydrogen-bond acceptors (Lipinski definition) is 2. The van der Waals surface area contributed by atoms with E-state index >= 15 is 0 Å². The van der Waals surface area contributed by atoms with Gasteiger partial charge < -0.3 is 0 Å². The molecular weight excluding hydrogens is 344 g/mol. The number of carbonyl (C=O) groups excluding carboxylic acids is 1. The smallest absolute Gasteiger partial charge is 0.267 e. The molecule has 3 nitrogen and oxygen atoms in total. The summed E-state index contributed by atoms with van der Waals surface area (Å²) in [5.41, 5.74) is 5.57. The molecule has 0 saturated heterocycles. The van der Waals surface area contributed by atoms with Gasteiger partial charge in [0.1, 0.15) is 0 Å². The number of carbonyl (C=O) groups is 1. The number of halogens is 1. The molecule has 3 aromatic rings. The molecule has 0 bridgehead atoms. The van der Waals surface area contributed by atoms with E-state index in [2.05, 4.69) is 10.5 Å². The summed E-state index contributed by atoms with van der Waals surface area (Å²) in [5.74, 6) is -0.350. The fourth-order valence-electron chi connectivity index (χ4n) is 2.36. The topological polar surface area (TPSA) is 41.5 Å². The fraction of sp³-hybridized carbons (Fsp3) is 0. The summed E-state index contributed by atoms with van der Waals surface area (Å²) in [7, 11) is 0. The Kier molecular flexibility index (Phi) is 5.96. The zero-order valence-electron chi connectivity index (χ0n) is 14.0. The van der Waals surface area contributed by atoms with Crippen molar-refractivity contribution < 1.29 is 4.79 Å². The van der Waals surface area contributed by atoms with Crippen LogP contribution in [0.1, 0.15) is 21.5 Å². The minimum atomic E-state index is -0.350. The summed E-state index contributed by atoms with van der Waals surface area (Å²) in [4.78, 5) is 12.3. The first-order valence-electron chi connectivity index (χ1n) is 8.15. The van der Waals surface area contributed by atoms with Crippen LogP contribution < -0.4 is 5.43 Å². The standard InChI is InChI=1S/C22H17ClN2O/c23-20-14-8-7-13-19(20)22(26)25-24-21(18-11-5-2-6-12-18)16-15-17-9-3-1-4-10-17/h1-16H,(H,25,26)/b16-15-,24-21+. The highest BCUT2D eigenvalue weighted by Crippen LogP contribution is 2.14. The predicted octanol–water partition coefficient (Wildman–Crippen LogP) is 5.19. The Morgan fingerprint density at radius 3 is 2.15 bits per heavy atom. The fourth-order valence-corrected chi connectivity index (χ4v) is 2.58. The minimum absolute atomic E-state index is 0.350. The van der Waals surface area contributed by atoms with E-state index in [1.54, 1.807) is 24.3 Å². The van der Waals surface area contributed by atoms with Crippen LogP contribution in [0.4, 0.5) is 0 Å². The molecule has 4 heteroatoms. The number of nitrogens with zero attached hydrogens (tertiary/aromatic N) is 1. The maximum Gasteiger partial charge on any atom is 0.272 e. The zero-order chi connectivity index (χ0) is 18.2. The van der Waals surface area contributed by atoms with E-state index in [0.29, 0.717) is 16.3 Å². The van der Waals surface area contributed by atoms with Crippen LogP contribution >= 0.6 is 11.6 Å². The molecule has 0 aliphatic rings. The molecular formula is C22H17ClN2O. The molecule has 3 aromatic carbocycles. The maximum atomic E-state index is 12.3. The second kappa shape index (κ2) is 8.79. The van der Waals surface area contributed by atoms with Gasteiger partial charge >= 0.3 is 0 Å². The molecule has 0 aliphatic heterocycles. The van der Waals surface area contributed by atoms with E-state index in [9.17, 15) is 4.79 Å². The van der Waals surface area contributed by atoms with Gasteiger partial charge in [-0.2, -0.15) is 5.10 Å². The van der Waals surface area contributed by atoms with Crippen LogP contribution in [0.2, 0.25) is 5.02 Å². The van der Waals surface area contributed by atoms with Gasteiger partial charge in [0, 0.05) is 5.56 Å². The number of benzene rings is 3. The molecule has 26 heavy (non-hydrogen) atoms. The summed E-state index contributed by atoms with van der Waals surface area (Å²) >= 11 is 6.07. The average Bonchev–Trinajstić information content (AvgIpc) is 2.69. The van der Waals surface area contributed by atoms with E-state index in [-0.39, 0.29) is 5.91 Å². The summed E-state index contributed by atoms with van der Waals surface area (Å²) < 4.78 is 0. The summed E-state index contributed by atoms with van der Waals surface area (Å²) in [6.07, 6.45) is 3.82. The van der Waals surface area contributed by atoms with Crippen molar-refractivity contribution in [2.45, 2.75) is 0 Å². The van der Waals surface area contributed by atoms with Crippen molar-refractivity contribution in [2.24, 2.45) is 5.10 Å². The normalized spacial score (nSPS) is 11.5. The Bertz CT molecular complexity index is 935. The highest BCUT2D eigenvalue weighted by molar-refractivity contribution is 6.33. The van der Waals surface area contributed by atoms with Gasteiger partial charge in [-0.3, -0.25) is 4.79 Å². The van der Waals surface area contributed by atoms with Crippen LogP contribution in [0, 0.1) is 0 Å². The largest absolute Gasteiger partial charge is 0.272 e. The van der Waals surface area contributed by atoms with Crippen LogP contribution in [0.5, 0.6) is 0 Å². The molecule has 0 heterocycles. The van der Waals surface area contributed by atoms with Crippen molar-refractivity contribution in [1.29, 1.82) is 0 Å². The molecule has 0 fully saturated rings. The van der Waals surface area contributed by atoms with Crippen molar-refractivity contribution in [3.05, 3.63) is 113 Å². The van der Waals surface area contributed by atoms with Crippen LogP contribution in [0.25, 0.3) is 6.08 Å². The lowest BCUT2D eigenvalue weighted by molar-refractivity contribution is 0.0955. The van der Waals surface area contributed by atoms with Gasteiger partial charge in [-0.25, -0.2) is 5.43 Å². The number of allylic oxidation sites excluding steroid dienone is 1. The third kappa shape index (κ3) is 4.68. The molecule has 0 unspecified atom stereocenters. The minimum Gasteiger partial charge on any atom is -0.267 e. The van der Waals surface area contributed by atoms with Gasteiger partial charge in [-0.05, 0) is 23.8 Å². The van der Waals surface area contributed by atoms with Crippen LogP contribution in [-0.2, 0) is 0 Å². The third-order valence-corrected chi connectivity index (χ3v) is 4.03. The maximum absolute atomic E-state index is 12.3. The van der Waals surface area contributed by atoms with E-state index < -0.39 is 0 Å². The molecule has 3 rings (SSSR count). The lowest BCUT2D eigenvalue weighted by Gasteiger charge is -2.05. The van der Waals surface area contributed by atoms with Gasteiger partial charge in [0.15, 0.2) is 0 Å². The van der Waals surface area contributed by atoms with E-state index in [1.165, 1.54) is 0 Å². The monoisotopic (exact) mass is 360 g/mol. The van der Waals surface area contributed by atoms with Crippen LogP contribution in [0.15, 0.2) is 96.1 Å². The second-order valence-electron chi connectivity index (χ2n) is 5.53. The van der Waals surface area contributed by atoms with Gasteiger partial charge in [0.2, 0.25) is 0 Å². The Balaban J connectivity index is 1.86. The van der Waals surface area contributed by atoms with Gasteiger partial charge in [0.05, 0.1) is 16.3 Å². The predicted molar refractivity (Wildman–Crippen MR) is 107 cm³/mol. The molecule has 0 saturated carbocycles. The first-order valence-corrected chi connectivity index (χ1v) is 8.53. The first-order chi connectivity index (χ1) is 12.7. The average molecular weight is 361 g/mol. The Hall–Kier alpha value is -3.17. The SMILES string of the molecule is O=C(N/N=C(\C=C/c1ccccc1)c1ccccc1)c1ccccc1Cl. The summed E-state index contributed by atoms with van der Waals surface area (Å²) in [6.45, 7) is 0. The van der Waals surface area contributed by atoms with Gasteiger partial charge in [0.25, 0.3) is 5.91 Å². The third-order valence-electron chi connectivity index (χ3n) is 3.70. The molecule has 0 atom stereocenters. The zero-order valence-corrected chi connectivity index (χ0v) is 14.7. The number of amides is 1. The van der Waals surface area contributed by atoms with Gasteiger partial charge in [-0.15, -0.1) is 0 Å². The molecule has 0 aliphatic carbocycles. The lowest BCUT2D eigenvalue weighted by atomic mass is 10.1.